The fraction of sp³-hybridized carbons (Fsp3) is 0.286. The second-order valence-electron chi connectivity index (χ2n) is 3.84. The maximum absolute atomic E-state index is 10.2. The monoisotopic (exact) mass is 248 g/mol. The first-order valence-electron chi connectivity index (χ1n) is 5.67. The minimum Gasteiger partial charge on any atom is -0.494 e. The highest BCUT2D eigenvalue weighted by atomic mass is 32.1. The third kappa shape index (κ3) is 2.68. The molecule has 0 spiro atoms. The molecule has 1 aromatic carbocycles. The molecule has 0 aliphatic heterocycles. The molecule has 1 atom stereocenters. The third-order valence-electron chi connectivity index (χ3n) is 2.70. The molecule has 90 valence electrons. The van der Waals surface area contributed by atoms with Crippen LogP contribution in [0.3, 0.4) is 0 Å². The smallest absolute Gasteiger partial charge is 0.119 e. The van der Waals surface area contributed by atoms with Crippen molar-refractivity contribution in [3.8, 4) is 5.75 Å². The molecule has 2 aromatic rings. The largest absolute Gasteiger partial charge is 0.494 e. The highest BCUT2D eigenvalue weighted by Gasteiger charge is 2.13. The van der Waals surface area contributed by atoms with E-state index in [-0.39, 0.29) is 0 Å². The average Bonchev–Trinajstić information content (AvgIpc) is 2.76. The molecule has 17 heavy (non-hydrogen) atoms. The summed E-state index contributed by atoms with van der Waals surface area (Å²) in [6.07, 6.45) is -0.545. The highest BCUT2D eigenvalue weighted by Crippen LogP contribution is 2.28. The van der Waals surface area contributed by atoms with Gasteiger partial charge in [-0.1, -0.05) is 12.1 Å². The lowest BCUT2D eigenvalue weighted by molar-refractivity contribution is 0.220. The second kappa shape index (κ2) is 5.34. The van der Waals surface area contributed by atoms with Gasteiger partial charge in [-0.15, -0.1) is 11.3 Å². The molecule has 0 saturated heterocycles. The predicted molar refractivity (Wildman–Crippen MR) is 70.7 cm³/mol. The van der Waals surface area contributed by atoms with Crippen LogP contribution in [-0.4, -0.2) is 11.7 Å². The van der Waals surface area contributed by atoms with E-state index in [9.17, 15) is 5.11 Å². The number of thiophene rings is 1. The first kappa shape index (κ1) is 12.1. The number of aliphatic hydroxyl groups is 1. The summed E-state index contributed by atoms with van der Waals surface area (Å²) < 4.78 is 5.38. The molecule has 0 radical (unpaired) electrons. The minimum absolute atomic E-state index is 0.545. The zero-order valence-electron chi connectivity index (χ0n) is 10.0. The van der Waals surface area contributed by atoms with Crippen LogP contribution in [-0.2, 0) is 0 Å². The molecule has 3 heteroatoms. The lowest BCUT2D eigenvalue weighted by atomic mass is 10.0. The molecule has 1 N–H and O–H groups in total. The van der Waals surface area contributed by atoms with E-state index in [1.165, 1.54) is 0 Å². The van der Waals surface area contributed by atoms with Crippen LogP contribution in [0, 0.1) is 6.92 Å². The van der Waals surface area contributed by atoms with Crippen molar-refractivity contribution in [2.45, 2.75) is 20.0 Å². The van der Waals surface area contributed by atoms with Gasteiger partial charge in [0.25, 0.3) is 0 Å². The van der Waals surface area contributed by atoms with Gasteiger partial charge in [-0.25, -0.2) is 0 Å². The number of rotatable bonds is 4. The van der Waals surface area contributed by atoms with Gasteiger partial charge >= 0.3 is 0 Å². The van der Waals surface area contributed by atoms with Gasteiger partial charge in [0, 0.05) is 4.88 Å². The lowest BCUT2D eigenvalue weighted by Gasteiger charge is -2.11. The van der Waals surface area contributed by atoms with E-state index in [0.29, 0.717) is 6.61 Å². The Labute approximate surface area is 105 Å². The Morgan fingerprint density at radius 1 is 1.24 bits per heavy atom. The molecule has 1 heterocycles. The quantitative estimate of drug-likeness (QED) is 0.896. The first-order valence-corrected chi connectivity index (χ1v) is 6.55. The number of hydrogen-bond donors (Lipinski definition) is 1. The third-order valence-corrected chi connectivity index (χ3v) is 3.56. The van der Waals surface area contributed by atoms with Crippen LogP contribution in [0.25, 0.3) is 0 Å². The molecule has 2 nitrogen and oxygen atoms in total. The summed E-state index contributed by atoms with van der Waals surface area (Å²) in [6.45, 7) is 4.64. The Kier molecular flexibility index (Phi) is 3.82. The van der Waals surface area contributed by atoms with E-state index in [1.807, 2.05) is 49.6 Å². The second-order valence-corrected chi connectivity index (χ2v) is 4.96. The van der Waals surface area contributed by atoms with Gasteiger partial charge in [0.15, 0.2) is 0 Å². The first-order chi connectivity index (χ1) is 8.22. The molecule has 0 fully saturated rings. The molecule has 2 rings (SSSR count). The number of aliphatic hydroxyl groups excluding tert-OH is 1. The van der Waals surface area contributed by atoms with Crippen LogP contribution < -0.4 is 4.74 Å². The van der Waals surface area contributed by atoms with Crippen molar-refractivity contribution in [1.82, 2.24) is 0 Å². The molecule has 0 bridgehead atoms. The summed E-state index contributed by atoms with van der Waals surface area (Å²) >= 11 is 1.65. The highest BCUT2D eigenvalue weighted by molar-refractivity contribution is 7.10. The molecule has 0 aliphatic carbocycles. The summed E-state index contributed by atoms with van der Waals surface area (Å²) in [5.74, 6) is 0.838. The van der Waals surface area contributed by atoms with Crippen LogP contribution >= 0.6 is 11.3 Å². The van der Waals surface area contributed by atoms with E-state index >= 15 is 0 Å². The van der Waals surface area contributed by atoms with Crippen molar-refractivity contribution in [1.29, 1.82) is 0 Å². The SMILES string of the molecule is CCOc1ccc(C(O)c2ccsc2C)cc1. The standard InChI is InChI=1S/C14H16O2S/c1-3-16-12-6-4-11(5-7-12)14(15)13-8-9-17-10(13)2/h4-9,14-15H,3H2,1-2H3. The Morgan fingerprint density at radius 2 is 1.94 bits per heavy atom. The van der Waals surface area contributed by atoms with Gasteiger partial charge in [-0.2, -0.15) is 0 Å². The van der Waals surface area contributed by atoms with E-state index in [0.717, 1.165) is 21.8 Å². The summed E-state index contributed by atoms with van der Waals surface area (Å²) in [7, 11) is 0. The van der Waals surface area contributed by atoms with Crippen LogP contribution in [0.15, 0.2) is 35.7 Å². The topological polar surface area (TPSA) is 29.5 Å². The van der Waals surface area contributed by atoms with Crippen molar-refractivity contribution >= 4 is 11.3 Å². The van der Waals surface area contributed by atoms with Gasteiger partial charge < -0.3 is 9.84 Å². The van der Waals surface area contributed by atoms with E-state index in [2.05, 4.69) is 0 Å². The Bertz CT molecular complexity index is 473. The normalized spacial score (nSPS) is 12.4. The average molecular weight is 248 g/mol. The van der Waals surface area contributed by atoms with Crippen LogP contribution in [0.4, 0.5) is 0 Å². The fourth-order valence-electron chi connectivity index (χ4n) is 1.77. The van der Waals surface area contributed by atoms with Crippen molar-refractivity contribution < 1.29 is 9.84 Å². The van der Waals surface area contributed by atoms with Crippen molar-refractivity contribution in [2.24, 2.45) is 0 Å². The lowest BCUT2D eigenvalue weighted by Crippen LogP contribution is -2.00. The molecule has 0 amide bonds. The van der Waals surface area contributed by atoms with Crippen LogP contribution in [0.2, 0.25) is 0 Å². The summed E-state index contributed by atoms with van der Waals surface area (Å²) in [5, 5.41) is 12.3. The number of hydrogen-bond acceptors (Lipinski definition) is 3. The summed E-state index contributed by atoms with van der Waals surface area (Å²) in [6, 6.07) is 9.58. The van der Waals surface area contributed by atoms with Crippen LogP contribution in [0.5, 0.6) is 5.75 Å². The van der Waals surface area contributed by atoms with Gasteiger partial charge in [0.2, 0.25) is 0 Å². The van der Waals surface area contributed by atoms with Crippen molar-refractivity contribution in [2.75, 3.05) is 6.61 Å². The predicted octanol–water partition coefficient (Wildman–Crippen LogP) is 3.54. The van der Waals surface area contributed by atoms with Gasteiger partial charge in [-0.05, 0) is 48.6 Å². The number of ether oxygens (including phenoxy) is 1. The number of benzene rings is 1. The molecule has 0 saturated carbocycles. The Balaban J connectivity index is 2.20. The summed E-state index contributed by atoms with van der Waals surface area (Å²) in [5.41, 5.74) is 1.88. The minimum atomic E-state index is -0.545. The number of aryl methyl sites for hydroxylation is 1. The molecular weight excluding hydrogens is 232 g/mol. The maximum atomic E-state index is 10.2. The van der Waals surface area contributed by atoms with Crippen LogP contribution in [0.1, 0.15) is 29.0 Å². The Morgan fingerprint density at radius 3 is 2.47 bits per heavy atom. The summed E-state index contributed by atoms with van der Waals surface area (Å²) in [4.78, 5) is 1.16. The van der Waals surface area contributed by atoms with Crippen molar-refractivity contribution in [3.05, 3.63) is 51.7 Å². The fourth-order valence-corrected chi connectivity index (χ4v) is 2.51. The van der Waals surface area contributed by atoms with E-state index < -0.39 is 6.10 Å². The maximum Gasteiger partial charge on any atom is 0.119 e. The van der Waals surface area contributed by atoms with Crippen molar-refractivity contribution in [3.63, 3.8) is 0 Å². The molecule has 1 unspecified atom stereocenters. The zero-order chi connectivity index (χ0) is 12.3. The van der Waals surface area contributed by atoms with Gasteiger partial charge in [-0.3, -0.25) is 0 Å². The van der Waals surface area contributed by atoms with Gasteiger partial charge in [0.05, 0.1) is 6.61 Å². The van der Waals surface area contributed by atoms with E-state index in [1.54, 1.807) is 11.3 Å². The Hall–Kier alpha value is -1.32. The van der Waals surface area contributed by atoms with E-state index in [4.69, 9.17) is 4.74 Å². The molecular formula is C14H16O2S. The molecule has 0 aliphatic rings. The molecule has 1 aromatic heterocycles. The van der Waals surface area contributed by atoms with Gasteiger partial charge in [0.1, 0.15) is 11.9 Å². The zero-order valence-corrected chi connectivity index (χ0v) is 10.8.